The summed E-state index contributed by atoms with van der Waals surface area (Å²) in [5.41, 5.74) is 5.37. The summed E-state index contributed by atoms with van der Waals surface area (Å²) >= 11 is 0. The Balaban J connectivity index is 1.72. The number of rotatable bonds is 7. The van der Waals surface area contributed by atoms with Crippen LogP contribution in [-0.4, -0.2) is 43.6 Å². The minimum atomic E-state index is -4.38. The summed E-state index contributed by atoms with van der Waals surface area (Å²) in [5, 5.41) is 13.2. The molecule has 0 fully saturated rings. The molecule has 2 rings (SSSR count). The van der Waals surface area contributed by atoms with Gasteiger partial charge in [-0.05, 0) is 12.8 Å². The van der Waals surface area contributed by atoms with Crippen LogP contribution in [0.25, 0.3) is 0 Å². The average molecular weight is 330 g/mol. The Kier molecular flexibility index (Phi) is 5.55. The van der Waals surface area contributed by atoms with Gasteiger partial charge in [0.15, 0.2) is 11.8 Å². The quantitative estimate of drug-likeness (QED) is 0.403. The van der Waals surface area contributed by atoms with Crippen molar-refractivity contribution in [2.24, 2.45) is 10.7 Å². The summed E-state index contributed by atoms with van der Waals surface area (Å²) in [5.74, 6) is 0.864. The Morgan fingerprint density at radius 1 is 1.39 bits per heavy atom. The van der Waals surface area contributed by atoms with Crippen LogP contribution in [-0.2, 0) is 13.0 Å². The number of hydrogen-bond acceptors (Lipinski definition) is 4. The van der Waals surface area contributed by atoms with Crippen LogP contribution in [0.2, 0.25) is 0 Å². The number of halogens is 3. The summed E-state index contributed by atoms with van der Waals surface area (Å²) < 4.78 is 37.7. The lowest BCUT2D eigenvalue weighted by Crippen LogP contribution is -2.25. The molecule has 2 aromatic heterocycles. The predicted octanol–water partition coefficient (Wildman–Crippen LogP) is 1.31. The van der Waals surface area contributed by atoms with E-state index in [2.05, 4.69) is 30.6 Å². The minimum Gasteiger partial charge on any atom is -0.370 e. The van der Waals surface area contributed by atoms with Crippen molar-refractivity contribution in [3.8, 4) is 0 Å². The number of guanidine groups is 1. The molecular weight excluding hydrogens is 313 g/mol. The van der Waals surface area contributed by atoms with E-state index in [1.165, 1.54) is 6.33 Å². The number of nitrogens with zero attached hydrogens (tertiary/aromatic N) is 5. The van der Waals surface area contributed by atoms with Gasteiger partial charge in [-0.15, -0.1) is 0 Å². The fraction of sp³-hybridized carbons (Fsp3) is 0.500. The monoisotopic (exact) mass is 330 g/mol. The first-order valence-electron chi connectivity index (χ1n) is 6.94. The van der Waals surface area contributed by atoms with Crippen LogP contribution < -0.4 is 11.1 Å². The molecular formula is C12H17F3N8. The SMILES string of the molecule is NC(=NCC(F)(F)F)Nc1ccn(CCCCc2ncn[nH]2)n1. The number of anilines is 1. The number of nitrogens with two attached hydrogens (primary N) is 1. The first-order chi connectivity index (χ1) is 10.9. The lowest BCUT2D eigenvalue weighted by atomic mass is 10.2. The van der Waals surface area contributed by atoms with E-state index in [0.717, 1.165) is 25.1 Å². The Hall–Kier alpha value is -2.59. The van der Waals surface area contributed by atoms with Gasteiger partial charge in [-0.2, -0.15) is 23.4 Å². The number of aliphatic imine (C=N–C) groups is 1. The van der Waals surface area contributed by atoms with E-state index in [-0.39, 0.29) is 5.96 Å². The molecule has 4 N–H and O–H groups in total. The molecule has 0 radical (unpaired) electrons. The van der Waals surface area contributed by atoms with Crippen LogP contribution in [0.5, 0.6) is 0 Å². The molecule has 126 valence electrons. The van der Waals surface area contributed by atoms with Gasteiger partial charge in [0.2, 0.25) is 0 Å². The van der Waals surface area contributed by atoms with Gasteiger partial charge in [0.05, 0.1) is 0 Å². The van der Waals surface area contributed by atoms with Gasteiger partial charge in [0, 0.05) is 25.2 Å². The number of H-pyrrole nitrogens is 1. The van der Waals surface area contributed by atoms with Crippen molar-refractivity contribution >= 4 is 11.8 Å². The van der Waals surface area contributed by atoms with E-state index >= 15 is 0 Å². The van der Waals surface area contributed by atoms with Crippen LogP contribution in [0.1, 0.15) is 18.7 Å². The molecule has 11 heteroatoms. The third kappa shape index (κ3) is 6.36. The van der Waals surface area contributed by atoms with E-state index in [4.69, 9.17) is 5.73 Å². The van der Waals surface area contributed by atoms with Crippen molar-refractivity contribution in [1.29, 1.82) is 0 Å². The van der Waals surface area contributed by atoms with Crippen molar-refractivity contribution in [1.82, 2.24) is 25.0 Å². The van der Waals surface area contributed by atoms with E-state index in [1.54, 1.807) is 16.9 Å². The number of aromatic nitrogens is 5. The van der Waals surface area contributed by atoms with Gasteiger partial charge in [-0.1, -0.05) is 0 Å². The standard InChI is InChI=1S/C12H17F3N8/c13-12(14,15)7-17-11(16)20-10-4-6-23(22-10)5-2-1-3-9-18-8-19-21-9/h4,6,8H,1-3,5,7H2,(H,18,19,21)(H3,16,17,20,22). The van der Waals surface area contributed by atoms with Gasteiger partial charge in [0.1, 0.15) is 18.7 Å². The van der Waals surface area contributed by atoms with Crippen molar-refractivity contribution in [3.05, 3.63) is 24.4 Å². The Morgan fingerprint density at radius 2 is 2.22 bits per heavy atom. The molecule has 2 heterocycles. The van der Waals surface area contributed by atoms with Crippen molar-refractivity contribution in [2.75, 3.05) is 11.9 Å². The van der Waals surface area contributed by atoms with Crippen LogP contribution >= 0.6 is 0 Å². The van der Waals surface area contributed by atoms with Crippen molar-refractivity contribution in [2.45, 2.75) is 32.0 Å². The lowest BCUT2D eigenvalue weighted by Gasteiger charge is -2.05. The lowest BCUT2D eigenvalue weighted by molar-refractivity contribution is -0.118. The molecule has 8 nitrogen and oxygen atoms in total. The van der Waals surface area contributed by atoms with Crippen LogP contribution in [0, 0.1) is 0 Å². The fourth-order valence-electron chi connectivity index (χ4n) is 1.82. The topological polar surface area (TPSA) is 110 Å². The van der Waals surface area contributed by atoms with E-state index in [0.29, 0.717) is 12.4 Å². The largest absolute Gasteiger partial charge is 0.408 e. The zero-order valence-corrected chi connectivity index (χ0v) is 12.2. The normalized spacial score (nSPS) is 12.6. The molecule has 0 saturated carbocycles. The molecule has 0 unspecified atom stereocenters. The number of hydrogen-bond donors (Lipinski definition) is 3. The maximum Gasteiger partial charge on any atom is 0.408 e. The molecule has 0 aliphatic rings. The molecule has 0 amide bonds. The maximum absolute atomic E-state index is 12.0. The highest BCUT2D eigenvalue weighted by Gasteiger charge is 2.26. The zero-order valence-electron chi connectivity index (χ0n) is 12.2. The highest BCUT2D eigenvalue weighted by molar-refractivity contribution is 5.91. The van der Waals surface area contributed by atoms with Crippen LogP contribution in [0.4, 0.5) is 19.0 Å². The van der Waals surface area contributed by atoms with Gasteiger partial charge in [-0.25, -0.2) is 9.98 Å². The fourth-order valence-corrected chi connectivity index (χ4v) is 1.82. The van der Waals surface area contributed by atoms with Crippen molar-refractivity contribution < 1.29 is 13.2 Å². The van der Waals surface area contributed by atoms with Gasteiger partial charge >= 0.3 is 6.18 Å². The first kappa shape index (κ1) is 16.8. The average Bonchev–Trinajstić information content (AvgIpc) is 3.12. The molecule has 0 bridgehead atoms. The molecule has 0 spiro atoms. The molecule has 23 heavy (non-hydrogen) atoms. The highest BCUT2D eigenvalue weighted by Crippen LogP contribution is 2.14. The van der Waals surface area contributed by atoms with Crippen LogP contribution in [0.3, 0.4) is 0 Å². The van der Waals surface area contributed by atoms with Gasteiger partial charge in [0.25, 0.3) is 0 Å². The van der Waals surface area contributed by atoms with E-state index < -0.39 is 12.7 Å². The molecule has 0 aromatic carbocycles. The van der Waals surface area contributed by atoms with Gasteiger partial charge in [-0.3, -0.25) is 9.78 Å². The maximum atomic E-state index is 12.0. The smallest absolute Gasteiger partial charge is 0.370 e. The number of aromatic amines is 1. The van der Waals surface area contributed by atoms with E-state index in [1.807, 2.05) is 0 Å². The zero-order chi connectivity index (χ0) is 16.7. The van der Waals surface area contributed by atoms with Crippen LogP contribution in [0.15, 0.2) is 23.6 Å². The summed E-state index contributed by atoms with van der Waals surface area (Å²) in [7, 11) is 0. The second kappa shape index (κ2) is 7.61. The minimum absolute atomic E-state index is 0.321. The number of aryl methyl sites for hydroxylation is 2. The van der Waals surface area contributed by atoms with Crippen molar-refractivity contribution in [3.63, 3.8) is 0 Å². The summed E-state index contributed by atoms with van der Waals surface area (Å²) in [6, 6.07) is 1.62. The molecule has 0 aliphatic heterocycles. The second-order valence-electron chi connectivity index (χ2n) is 4.79. The summed E-state index contributed by atoms with van der Waals surface area (Å²) in [4.78, 5) is 7.22. The van der Waals surface area contributed by atoms with E-state index in [9.17, 15) is 13.2 Å². The molecule has 0 aliphatic carbocycles. The third-order valence-corrected chi connectivity index (χ3v) is 2.84. The highest BCUT2D eigenvalue weighted by atomic mass is 19.4. The molecule has 2 aromatic rings. The Labute approximate surface area is 130 Å². The molecule has 0 atom stereocenters. The Morgan fingerprint density at radius 3 is 2.91 bits per heavy atom. The molecule has 0 saturated heterocycles. The summed E-state index contributed by atoms with van der Waals surface area (Å²) in [6.07, 6.45) is 1.38. The number of unbranched alkanes of at least 4 members (excludes halogenated alkanes) is 1. The summed E-state index contributed by atoms with van der Waals surface area (Å²) in [6.45, 7) is -0.649. The first-order valence-corrected chi connectivity index (χ1v) is 6.94. The Bertz CT molecular complexity index is 617. The third-order valence-electron chi connectivity index (χ3n) is 2.84. The number of alkyl halides is 3. The van der Waals surface area contributed by atoms with Gasteiger partial charge < -0.3 is 11.1 Å². The second-order valence-corrected chi connectivity index (χ2v) is 4.79. The number of nitrogens with one attached hydrogen (secondary N) is 2. The predicted molar refractivity (Wildman–Crippen MR) is 77.7 cm³/mol.